The minimum absolute atomic E-state index is 0.207. The van der Waals surface area contributed by atoms with Crippen LogP contribution >= 0.6 is 0 Å². The van der Waals surface area contributed by atoms with Crippen molar-refractivity contribution < 1.29 is 33.6 Å². The molecule has 0 saturated heterocycles. The van der Waals surface area contributed by atoms with Crippen molar-refractivity contribution >= 4 is 11.9 Å². The van der Waals surface area contributed by atoms with Crippen molar-refractivity contribution in [2.75, 3.05) is 42.5 Å². The van der Waals surface area contributed by atoms with E-state index >= 15 is 0 Å². The number of carboxylic acid groups (broad SMARTS) is 1. The van der Waals surface area contributed by atoms with Crippen molar-refractivity contribution in [2.45, 2.75) is 12.3 Å². The predicted molar refractivity (Wildman–Crippen MR) is 118 cm³/mol. The number of methoxy groups -OCH3 is 4. The molecule has 8 heteroatoms. The number of nitrogens with zero attached hydrogens (tertiary/aromatic N) is 1. The lowest BCUT2D eigenvalue weighted by molar-refractivity contribution is -0.150. The molecular weight excluding hydrogens is 414 g/mol. The van der Waals surface area contributed by atoms with E-state index in [1.807, 2.05) is 12.1 Å². The number of rotatable bonds is 7. The van der Waals surface area contributed by atoms with Gasteiger partial charge in [0.05, 0.1) is 40.3 Å². The van der Waals surface area contributed by atoms with Crippen LogP contribution in [0.15, 0.2) is 30.3 Å². The molecule has 1 N–H and O–H groups in total. The van der Waals surface area contributed by atoms with Crippen molar-refractivity contribution in [3.05, 3.63) is 47.0 Å². The molecule has 0 spiro atoms. The lowest BCUT2D eigenvalue weighted by Crippen LogP contribution is -2.44. The summed E-state index contributed by atoms with van der Waals surface area (Å²) in [5, 5.41) is 10.1. The number of aliphatic carboxylic acids is 1. The van der Waals surface area contributed by atoms with Gasteiger partial charge in [-0.25, -0.2) is 0 Å². The summed E-state index contributed by atoms with van der Waals surface area (Å²) in [6, 6.07) is 9.03. The number of fused-ring (bicyclic) bond motifs is 1. The maximum absolute atomic E-state index is 13.3. The first-order chi connectivity index (χ1) is 15.3. The molecule has 2 aromatic rings. The zero-order valence-corrected chi connectivity index (χ0v) is 19.2. The van der Waals surface area contributed by atoms with Gasteiger partial charge in [-0.3, -0.25) is 9.59 Å². The molecule has 0 aliphatic heterocycles. The highest BCUT2D eigenvalue weighted by Gasteiger charge is 2.46. The van der Waals surface area contributed by atoms with Crippen LogP contribution in [0.25, 0.3) is 0 Å². The van der Waals surface area contributed by atoms with E-state index in [9.17, 15) is 14.7 Å². The molecule has 1 aliphatic rings. The van der Waals surface area contributed by atoms with Gasteiger partial charge >= 0.3 is 5.97 Å². The first-order valence-electron chi connectivity index (χ1n) is 10.2. The van der Waals surface area contributed by atoms with E-state index in [0.717, 1.165) is 16.7 Å². The normalized spacial score (nSPS) is 19.5. The number of hydrogen-bond donors (Lipinski definition) is 1. The van der Waals surface area contributed by atoms with Crippen LogP contribution in [0.3, 0.4) is 0 Å². The average molecular weight is 443 g/mol. The van der Waals surface area contributed by atoms with Crippen molar-refractivity contribution in [1.82, 2.24) is 4.90 Å². The van der Waals surface area contributed by atoms with E-state index < -0.39 is 23.7 Å². The molecular formula is C24H29NO7. The lowest BCUT2D eigenvalue weighted by atomic mass is 9.65. The van der Waals surface area contributed by atoms with Crippen molar-refractivity contribution in [3.63, 3.8) is 0 Å². The largest absolute Gasteiger partial charge is 0.493 e. The number of ether oxygens (including phenoxy) is 4. The molecule has 0 radical (unpaired) electrons. The highest BCUT2D eigenvalue weighted by Crippen LogP contribution is 2.48. The third-order valence-corrected chi connectivity index (χ3v) is 6.02. The number of benzene rings is 2. The molecule has 0 saturated carbocycles. The van der Waals surface area contributed by atoms with Gasteiger partial charge in [-0.2, -0.15) is 0 Å². The van der Waals surface area contributed by atoms with Gasteiger partial charge in [-0.1, -0.05) is 6.07 Å². The molecule has 2 aromatic carbocycles. The summed E-state index contributed by atoms with van der Waals surface area (Å²) in [4.78, 5) is 27.1. The second kappa shape index (κ2) is 9.38. The van der Waals surface area contributed by atoms with Crippen LogP contribution in [0.5, 0.6) is 23.0 Å². The third kappa shape index (κ3) is 4.04. The van der Waals surface area contributed by atoms with E-state index in [4.69, 9.17) is 18.9 Å². The quantitative estimate of drug-likeness (QED) is 0.703. The number of carboxylic acids is 1. The van der Waals surface area contributed by atoms with E-state index in [-0.39, 0.29) is 12.3 Å². The summed E-state index contributed by atoms with van der Waals surface area (Å²) in [6.07, 6.45) is 0.207. The van der Waals surface area contributed by atoms with Crippen LogP contribution in [0.2, 0.25) is 0 Å². The van der Waals surface area contributed by atoms with Gasteiger partial charge < -0.3 is 29.0 Å². The standard InChI is InChI=1S/C24H29NO7/c1-25(2)23(26)22-16(24(27)28)9-14-11-19(31-5)20(32-6)12-15(14)21(22)13-7-8-17(29-3)18(10-13)30-4/h7-8,10-12,16,21-22H,9H2,1-6H3,(H,27,28)/t16-,21+,22-/m1/s1. The smallest absolute Gasteiger partial charge is 0.307 e. The monoisotopic (exact) mass is 443 g/mol. The van der Waals surface area contributed by atoms with E-state index in [0.29, 0.717) is 23.0 Å². The van der Waals surface area contributed by atoms with Crippen LogP contribution in [0, 0.1) is 11.8 Å². The Morgan fingerprint density at radius 1 is 0.875 bits per heavy atom. The fourth-order valence-corrected chi connectivity index (χ4v) is 4.48. The molecule has 0 heterocycles. The van der Waals surface area contributed by atoms with Crippen LogP contribution in [0.4, 0.5) is 0 Å². The van der Waals surface area contributed by atoms with Crippen LogP contribution in [0.1, 0.15) is 22.6 Å². The summed E-state index contributed by atoms with van der Waals surface area (Å²) < 4.78 is 21.8. The Morgan fingerprint density at radius 2 is 1.44 bits per heavy atom. The van der Waals surface area contributed by atoms with Crippen molar-refractivity contribution in [3.8, 4) is 23.0 Å². The van der Waals surface area contributed by atoms with Crippen molar-refractivity contribution in [2.24, 2.45) is 11.8 Å². The Kier molecular flexibility index (Phi) is 6.81. The van der Waals surface area contributed by atoms with Gasteiger partial charge in [0.25, 0.3) is 0 Å². The number of carbonyl (C=O) groups excluding carboxylic acids is 1. The Morgan fingerprint density at radius 3 is 1.97 bits per heavy atom. The van der Waals surface area contributed by atoms with Gasteiger partial charge in [0.2, 0.25) is 5.91 Å². The summed E-state index contributed by atoms with van der Waals surface area (Å²) in [7, 11) is 9.43. The molecule has 172 valence electrons. The highest BCUT2D eigenvalue weighted by molar-refractivity contribution is 5.87. The molecule has 0 fully saturated rings. The maximum Gasteiger partial charge on any atom is 0.307 e. The fraction of sp³-hybridized carbons (Fsp3) is 0.417. The minimum atomic E-state index is -1.02. The number of carbonyl (C=O) groups is 2. The molecule has 8 nitrogen and oxygen atoms in total. The number of hydrogen-bond acceptors (Lipinski definition) is 6. The first kappa shape index (κ1) is 23.2. The minimum Gasteiger partial charge on any atom is -0.493 e. The Labute approximate surface area is 187 Å². The molecule has 3 rings (SSSR count). The lowest BCUT2D eigenvalue weighted by Gasteiger charge is -2.39. The molecule has 1 amide bonds. The average Bonchev–Trinajstić information content (AvgIpc) is 2.80. The predicted octanol–water partition coefficient (Wildman–Crippen LogP) is 2.81. The SMILES string of the molecule is COc1ccc([C@H]2c3cc(OC)c(OC)cc3C[C@@H](C(=O)O)[C@H]2C(=O)N(C)C)cc1OC. The Bertz CT molecular complexity index is 1020. The third-order valence-electron chi connectivity index (χ3n) is 6.02. The van der Waals surface area contributed by atoms with Crippen LogP contribution in [-0.4, -0.2) is 64.4 Å². The van der Waals surface area contributed by atoms with E-state index in [2.05, 4.69) is 0 Å². The van der Waals surface area contributed by atoms with Crippen LogP contribution < -0.4 is 18.9 Å². The first-order valence-corrected chi connectivity index (χ1v) is 10.2. The van der Waals surface area contributed by atoms with Crippen molar-refractivity contribution in [1.29, 1.82) is 0 Å². The highest BCUT2D eigenvalue weighted by atomic mass is 16.5. The Hall–Kier alpha value is -3.42. The summed E-state index contributed by atoms with van der Waals surface area (Å²) in [6.45, 7) is 0. The summed E-state index contributed by atoms with van der Waals surface area (Å²) >= 11 is 0. The molecule has 1 aliphatic carbocycles. The van der Waals surface area contributed by atoms with Gasteiger partial charge in [-0.15, -0.1) is 0 Å². The van der Waals surface area contributed by atoms with Crippen LogP contribution in [-0.2, 0) is 16.0 Å². The van der Waals surface area contributed by atoms with Gasteiger partial charge in [0.1, 0.15) is 0 Å². The molecule has 32 heavy (non-hydrogen) atoms. The van der Waals surface area contributed by atoms with E-state index in [1.54, 1.807) is 46.5 Å². The summed E-state index contributed by atoms with van der Waals surface area (Å²) in [5.74, 6) is -1.45. The second-order valence-electron chi connectivity index (χ2n) is 7.91. The zero-order chi connectivity index (χ0) is 23.6. The molecule has 0 bridgehead atoms. The molecule has 0 aromatic heterocycles. The fourth-order valence-electron chi connectivity index (χ4n) is 4.48. The van der Waals surface area contributed by atoms with E-state index in [1.165, 1.54) is 19.1 Å². The van der Waals surface area contributed by atoms with Gasteiger partial charge in [0.15, 0.2) is 23.0 Å². The van der Waals surface area contributed by atoms with Gasteiger partial charge in [-0.05, 0) is 47.4 Å². The zero-order valence-electron chi connectivity index (χ0n) is 19.2. The number of amides is 1. The topological polar surface area (TPSA) is 94.5 Å². The second-order valence-corrected chi connectivity index (χ2v) is 7.91. The Balaban J connectivity index is 2.32. The summed E-state index contributed by atoms with van der Waals surface area (Å²) in [5.41, 5.74) is 2.38. The molecule has 0 unspecified atom stereocenters. The van der Waals surface area contributed by atoms with Gasteiger partial charge in [0, 0.05) is 20.0 Å². The molecule has 3 atom stereocenters. The maximum atomic E-state index is 13.3.